The Balaban J connectivity index is 1.91. The second-order valence-electron chi connectivity index (χ2n) is 8.44. The fourth-order valence-corrected chi connectivity index (χ4v) is 3.99. The quantitative estimate of drug-likeness (QED) is 0.339. The minimum absolute atomic E-state index is 0.000172. The SMILES string of the molecule is CCCCNC(=O)CSc1nnc(-c2ccc(C(C)(C)C)cc2)n1-c1ccc(Cl)cc1. The highest BCUT2D eigenvalue weighted by Crippen LogP contribution is 2.30. The number of carbonyl (C=O) groups excluding carboxylic acids is 1. The van der Waals surface area contributed by atoms with Crippen LogP contribution in [-0.2, 0) is 10.2 Å². The van der Waals surface area contributed by atoms with Crippen molar-refractivity contribution in [1.29, 1.82) is 0 Å². The Morgan fingerprint density at radius 1 is 1.06 bits per heavy atom. The molecule has 0 unspecified atom stereocenters. The van der Waals surface area contributed by atoms with Crippen molar-refractivity contribution in [1.82, 2.24) is 20.1 Å². The van der Waals surface area contributed by atoms with Crippen LogP contribution in [0.3, 0.4) is 0 Å². The predicted octanol–water partition coefficient (Wildman–Crippen LogP) is 5.89. The molecule has 1 aromatic heterocycles. The number of carbonyl (C=O) groups is 1. The number of aromatic nitrogens is 3. The highest BCUT2D eigenvalue weighted by Gasteiger charge is 2.19. The monoisotopic (exact) mass is 456 g/mol. The number of unbranched alkanes of at least 4 members (excludes halogenated alkanes) is 1. The number of halogens is 1. The van der Waals surface area contributed by atoms with Crippen LogP contribution in [-0.4, -0.2) is 33.0 Å². The summed E-state index contributed by atoms with van der Waals surface area (Å²) in [5.74, 6) is 1.02. The molecule has 3 aromatic rings. The first-order valence-electron chi connectivity index (χ1n) is 10.5. The van der Waals surface area contributed by atoms with Crippen molar-refractivity contribution < 1.29 is 4.79 Å². The lowest BCUT2D eigenvalue weighted by Gasteiger charge is -2.19. The van der Waals surface area contributed by atoms with Crippen LogP contribution in [0.2, 0.25) is 5.02 Å². The zero-order valence-electron chi connectivity index (χ0n) is 18.5. The highest BCUT2D eigenvalue weighted by molar-refractivity contribution is 7.99. The molecule has 164 valence electrons. The van der Waals surface area contributed by atoms with Crippen LogP contribution in [0.25, 0.3) is 17.1 Å². The molecule has 0 fully saturated rings. The molecule has 5 nitrogen and oxygen atoms in total. The topological polar surface area (TPSA) is 59.8 Å². The summed E-state index contributed by atoms with van der Waals surface area (Å²) in [6.07, 6.45) is 2.03. The Morgan fingerprint density at radius 2 is 1.74 bits per heavy atom. The van der Waals surface area contributed by atoms with Crippen molar-refractivity contribution in [3.8, 4) is 17.1 Å². The van der Waals surface area contributed by atoms with Gasteiger partial charge in [-0.05, 0) is 41.7 Å². The van der Waals surface area contributed by atoms with E-state index in [1.54, 1.807) is 0 Å². The molecular weight excluding hydrogens is 428 g/mol. The van der Waals surface area contributed by atoms with Crippen LogP contribution in [0, 0.1) is 0 Å². The van der Waals surface area contributed by atoms with Crippen molar-refractivity contribution in [2.75, 3.05) is 12.3 Å². The Morgan fingerprint density at radius 3 is 2.35 bits per heavy atom. The Hall–Kier alpha value is -2.31. The maximum Gasteiger partial charge on any atom is 0.230 e. The number of thioether (sulfide) groups is 1. The van der Waals surface area contributed by atoms with E-state index in [9.17, 15) is 4.79 Å². The van der Waals surface area contributed by atoms with Gasteiger partial charge in [0.05, 0.1) is 5.75 Å². The molecule has 0 saturated heterocycles. The predicted molar refractivity (Wildman–Crippen MR) is 129 cm³/mol. The zero-order chi connectivity index (χ0) is 22.4. The molecular formula is C24H29ClN4OS. The van der Waals surface area contributed by atoms with Crippen LogP contribution in [0.4, 0.5) is 0 Å². The van der Waals surface area contributed by atoms with E-state index in [0.717, 1.165) is 29.9 Å². The molecule has 1 heterocycles. The summed E-state index contributed by atoms with van der Waals surface area (Å²) in [6, 6.07) is 16.0. The summed E-state index contributed by atoms with van der Waals surface area (Å²) in [5, 5.41) is 13.1. The van der Waals surface area contributed by atoms with Crippen molar-refractivity contribution in [3.63, 3.8) is 0 Å². The van der Waals surface area contributed by atoms with Crippen LogP contribution >= 0.6 is 23.4 Å². The third kappa shape index (κ3) is 6.11. The molecule has 1 N–H and O–H groups in total. The maximum atomic E-state index is 12.2. The van der Waals surface area contributed by atoms with Gasteiger partial charge in [0.15, 0.2) is 11.0 Å². The van der Waals surface area contributed by atoms with Gasteiger partial charge in [0.2, 0.25) is 5.91 Å². The first-order chi connectivity index (χ1) is 14.8. The number of amides is 1. The maximum absolute atomic E-state index is 12.2. The van der Waals surface area contributed by atoms with Crippen molar-refractivity contribution in [2.45, 2.75) is 51.1 Å². The van der Waals surface area contributed by atoms with Gasteiger partial charge in [-0.15, -0.1) is 10.2 Å². The number of rotatable bonds is 8. The largest absolute Gasteiger partial charge is 0.355 e. The van der Waals surface area contributed by atoms with Crippen LogP contribution in [0.15, 0.2) is 53.7 Å². The van der Waals surface area contributed by atoms with Crippen molar-refractivity contribution in [2.24, 2.45) is 0 Å². The van der Waals surface area contributed by atoms with Crippen LogP contribution < -0.4 is 5.32 Å². The van der Waals surface area contributed by atoms with E-state index >= 15 is 0 Å². The molecule has 0 bridgehead atoms. The smallest absolute Gasteiger partial charge is 0.230 e. The standard InChI is InChI=1S/C24H29ClN4OS/c1-5-6-15-26-21(30)16-31-23-28-27-22(29(23)20-13-11-19(25)12-14-20)17-7-9-18(10-8-17)24(2,3)4/h7-14H,5-6,15-16H2,1-4H3,(H,26,30). The summed E-state index contributed by atoms with van der Waals surface area (Å²) in [4.78, 5) is 12.2. The Kier molecular flexibility index (Phi) is 7.79. The molecule has 0 radical (unpaired) electrons. The summed E-state index contributed by atoms with van der Waals surface area (Å²) < 4.78 is 1.98. The van der Waals surface area contributed by atoms with Crippen molar-refractivity contribution >= 4 is 29.3 Å². The van der Waals surface area contributed by atoms with Crippen LogP contribution in [0.1, 0.15) is 46.1 Å². The Labute approximate surface area is 193 Å². The number of hydrogen-bond donors (Lipinski definition) is 1. The average molecular weight is 457 g/mol. The van der Waals surface area contributed by atoms with Gasteiger partial charge in [-0.25, -0.2) is 0 Å². The zero-order valence-corrected chi connectivity index (χ0v) is 20.1. The molecule has 0 atom stereocenters. The van der Waals surface area contributed by atoms with Gasteiger partial charge >= 0.3 is 0 Å². The molecule has 2 aromatic carbocycles. The first kappa shape index (κ1) is 23.4. The minimum atomic E-state index is 0.000172. The van der Waals surface area contributed by atoms with Gasteiger partial charge in [0.1, 0.15) is 0 Å². The molecule has 0 aliphatic carbocycles. The minimum Gasteiger partial charge on any atom is -0.355 e. The van der Waals surface area contributed by atoms with Gasteiger partial charge in [-0.3, -0.25) is 9.36 Å². The molecule has 0 spiro atoms. The number of nitrogens with zero attached hydrogens (tertiary/aromatic N) is 3. The third-order valence-corrected chi connectivity index (χ3v) is 6.09. The lowest BCUT2D eigenvalue weighted by atomic mass is 9.87. The molecule has 1 amide bonds. The third-order valence-electron chi connectivity index (χ3n) is 4.91. The van der Waals surface area contributed by atoms with E-state index in [1.165, 1.54) is 17.3 Å². The summed E-state index contributed by atoms with van der Waals surface area (Å²) >= 11 is 7.47. The molecule has 7 heteroatoms. The number of benzene rings is 2. The fraction of sp³-hybridized carbons (Fsp3) is 0.375. The van der Waals surface area contributed by atoms with E-state index in [-0.39, 0.29) is 11.3 Å². The summed E-state index contributed by atoms with van der Waals surface area (Å²) in [6.45, 7) is 9.38. The summed E-state index contributed by atoms with van der Waals surface area (Å²) in [5.41, 5.74) is 3.20. The summed E-state index contributed by atoms with van der Waals surface area (Å²) in [7, 11) is 0. The van der Waals surface area contributed by atoms with Gasteiger partial charge in [-0.2, -0.15) is 0 Å². The van der Waals surface area contributed by atoms with Crippen molar-refractivity contribution in [3.05, 3.63) is 59.1 Å². The fourth-order valence-electron chi connectivity index (χ4n) is 3.08. The molecule has 3 rings (SSSR count). The molecule has 0 aliphatic heterocycles. The van der Waals surface area contributed by atoms with E-state index in [4.69, 9.17) is 11.6 Å². The van der Waals surface area contributed by atoms with E-state index in [2.05, 4.69) is 67.5 Å². The van der Waals surface area contributed by atoms with E-state index in [0.29, 0.717) is 22.5 Å². The van der Waals surface area contributed by atoms with E-state index in [1.807, 2.05) is 28.8 Å². The first-order valence-corrected chi connectivity index (χ1v) is 11.9. The molecule has 31 heavy (non-hydrogen) atoms. The molecule has 0 aliphatic rings. The highest BCUT2D eigenvalue weighted by atomic mass is 35.5. The van der Waals surface area contributed by atoms with Gasteiger partial charge in [0.25, 0.3) is 0 Å². The van der Waals surface area contributed by atoms with Gasteiger partial charge in [0, 0.05) is 22.8 Å². The van der Waals surface area contributed by atoms with Gasteiger partial charge in [-0.1, -0.05) is 81.7 Å². The average Bonchev–Trinajstić information content (AvgIpc) is 3.16. The lowest BCUT2D eigenvalue weighted by Crippen LogP contribution is -2.26. The van der Waals surface area contributed by atoms with Crippen LogP contribution in [0.5, 0.6) is 0 Å². The number of nitrogens with one attached hydrogen (secondary N) is 1. The Bertz CT molecular complexity index is 1010. The molecule has 0 saturated carbocycles. The van der Waals surface area contributed by atoms with E-state index < -0.39 is 0 Å². The lowest BCUT2D eigenvalue weighted by molar-refractivity contribution is -0.118. The second-order valence-corrected chi connectivity index (χ2v) is 9.82. The number of hydrogen-bond acceptors (Lipinski definition) is 4. The normalized spacial score (nSPS) is 11.5. The van der Waals surface area contributed by atoms with Gasteiger partial charge < -0.3 is 5.32 Å². The second kappa shape index (κ2) is 10.3.